The van der Waals surface area contributed by atoms with Gasteiger partial charge in [0, 0.05) is 5.38 Å². The zero-order valence-corrected chi connectivity index (χ0v) is 14.5. The van der Waals surface area contributed by atoms with Gasteiger partial charge in [0.15, 0.2) is 0 Å². The molecule has 3 atom stereocenters. The quantitative estimate of drug-likeness (QED) is 0.834. The van der Waals surface area contributed by atoms with E-state index in [9.17, 15) is 0 Å². The average molecular weight is 295 g/mol. The van der Waals surface area contributed by atoms with Crippen molar-refractivity contribution in [2.75, 3.05) is 6.54 Å². The minimum absolute atomic E-state index is 0.139. The average Bonchev–Trinajstić information content (AvgIpc) is 2.91. The predicted molar refractivity (Wildman–Crippen MR) is 88.4 cm³/mol. The van der Waals surface area contributed by atoms with Crippen LogP contribution in [-0.2, 0) is 5.54 Å². The number of aromatic nitrogens is 1. The number of nitrogens with one attached hydrogen (secondary N) is 1. The molecule has 20 heavy (non-hydrogen) atoms. The van der Waals surface area contributed by atoms with Crippen LogP contribution >= 0.6 is 11.3 Å². The fourth-order valence-corrected chi connectivity index (χ4v) is 4.38. The highest BCUT2D eigenvalue weighted by Crippen LogP contribution is 2.43. The van der Waals surface area contributed by atoms with Gasteiger partial charge in [-0.3, -0.25) is 0 Å². The topological polar surface area (TPSA) is 24.9 Å². The molecule has 114 valence electrons. The van der Waals surface area contributed by atoms with Gasteiger partial charge in [-0.1, -0.05) is 34.6 Å². The van der Waals surface area contributed by atoms with Crippen molar-refractivity contribution in [2.45, 2.75) is 71.8 Å². The van der Waals surface area contributed by atoms with Crippen LogP contribution in [-0.4, -0.2) is 11.5 Å². The monoisotopic (exact) mass is 294 g/mol. The van der Waals surface area contributed by atoms with Crippen molar-refractivity contribution in [1.29, 1.82) is 0 Å². The molecule has 1 aromatic rings. The van der Waals surface area contributed by atoms with E-state index in [0.29, 0.717) is 5.92 Å². The number of nitrogens with zero attached hydrogens (tertiary/aromatic N) is 1. The number of thiazole rings is 1. The first-order valence-corrected chi connectivity index (χ1v) is 9.07. The molecule has 1 fully saturated rings. The summed E-state index contributed by atoms with van der Waals surface area (Å²) in [5.41, 5.74) is 1.40. The third kappa shape index (κ3) is 3.25. The van der Waals surface area contributed by atoms with Crippen LogP contribution in [0.2, 0.25) is 0 Å². The molecule has 2 nitrogen and oxygen atoms in total. The lowest BCUT2D eigenvalue weighted by atomic mass is 9.71. The van der Waals surface area contributed by atoms with Crippen LogP contribution in [0, 0.1) is 11.8 Å². The maximum absolute atomic E-state index is 4.97. The summed E-state index contributed by atoms with van der Waals surface area (Å²) in [5, 5.41) is 7.44. The van der Waals surface area contributed by atoms with Gasteiger partial charge in [-0.25, -0.2) is 4.98 Å². The molecule has 0 aromatic carbocycles. The van der Waals surface area contributed by atoms with Crippen LogP contribution < -0.4 is 5.32 Å². The highest BCUT2D eigenvalue weighted by molar-refractivity contribution is 7.09. The lowest BCUT2D eigenvalue weighted by Gasteiger charge is -2.42. The van der Waals surface area contributed by atoms with Gasteiger partial charge in [-0.2, -0.15) is 0 Å². The molecule has 0 saturated heterocycles. The second kappa shape index (κ2) is 6.57. The fourth-order valence-electron chi connectivity index (χ4n) is 3.18. The molecule has 0 radical (unpaired) electrons. The molecule has 0 amide bonds. The van der Waals surface area contributed by atoms with Gasteiger partial charge >= 0.3 is 0 Å². The summed E-state index contributed by atoms with van der Waals surface area (Å²) in [4.78, 5) is 4.97. The summed E-state index contributed by atoms with van der Waals surface area (Å²) in [6.07, 6.45) is 4.98. The van der Waals surface area contributed by atoms with Crippen molar-refractivity contribution in [1.82, 2.24) is 10.3 Å². The van der Waals surface area contributed by atoms with E-state index in [1.54, 1.807) is 0 Å². The molecule has 1 N–H and O–H groups in total. The molecule has 1 aliphatic carbocycles. The summed E-state index contributed by atoms with van der Waals surface area (Å²) in [5.74, 6) is 2.15. The number of rotatable bonds is 5. The second-order valence-electron chi connectivity index (χ2n) is 6.94. The van der Waals surface area contributed by atoms with Gasteiger partial charge in [-0.05, 0) is 50.0 Å². The molecule has 1 heterocycles. The van der Waals surface area contributed by atoms with E-state index in [1.807, 2.05) is 11.3 Å². The van der Waals surface area contributed by atoms with Crippen molar-refractivity contribution in [3.8, 4) is 0 Å². The van der Waals surface area contributed by atoms with Crippen LogP contribution in [0.1, 0.15) is 76.9 Å². The van der Waals surface area contributed by atoms with Gasteiger partial charge in [0.1, 0.15) is 5.01 Å². The van der Waals surface area contributed by atoms with Crippen LogP contribution in [0.4, 0.5) is 0 Å². The van der Waals surface area contributed by atoms with E-state index in [2.05, 4.69) is 45.3 Å². The SMILES string of the molecule is CCCNC1(c2nc(C(C)C)cs2)CCC(C)C(C)C1. The van der Waals surface area contributed by atoms with Crippen LogP contribution in [0.3, 0.4) is 0 Å². The third-order valence-corrected chi connectivity index (χ3v) is 5.97. The second-order valence-corrected chi connectivity index (χ2v) is 7.80. The Labute approximate surface area is 128 Å². The van der Waals surface area contributed by atoms with Crippen molar-refractivity contribution in [2.24, 2.45) is 11.8 Å². The van der Waals surface area contributed by atoms with E-state index < -0.39 is 0 Å². The fraction of sp³-hybridized carbons (Fsp3) is 0.824. The maximum Gasteiger partial charge on any atom is 0.113 e. The Morgan fingerprint density at radius 1 is 1.40 bits per heavy atom. The van der Waals surface area contributed by atoms with E-state index in [0.717, 1.165) is 18.4 Å². The van der Waals surface area contributed by atoms with E-state index in [-0.39, 0.29) is 5.54 Å². The first-order chi connectivity index (χ1) is 9.48. The molecule has 1 aliphatic rings. The van der Waals surface area contributed by atoms with Gasteiger partial charge in [-0.15, -0.1) is 11.3 Å². The van der Waals surface area contributed by atoms with Crippen molar-refractivity contribution in [3.63, 3.8) is 0 Å². The summed E-state index contributed by atoms with van der Waals surface area (Å²) in [6.45, 7) is 12.6. The lowest BCUT2D eigenvalue weighted by molar-refractivity contribution is 0.140. The van der Waals surface area contributed by atoms with Crippen molar-refractivity contribution < 1.29 is 0 Å². The largest absolute Gasteiger partial charge is 0.305 e. The predicted octanol–water partition coefficient (Wildman–Crippen LogP) is 4.92. The Bertz CT molecular complexity index is 422. The molecule has 1 saturated carbocycles. The van der Waals surface area contributed by atoms with Gasteiger partial charge in [0.05, 0.1) is 11.2 Å². The van der Waals surface area contributed by atoms with Gasteiger partial charge < -0.3 is 5.32 Å². The first-order valence-electron chi connectivity index (χ1n) is 8.19. The molecular formula is C17H30N2S. The Kier molecular flexibility index (Phi) is 5.25. The third-order valence-electron chi connectivity index (χ3n) is 4.90. The molecular weight excluding hydrogens is 264 g/mol. The zero-order valence-electron chi connectivity index (χ0n) is 13.7. The van der Waals surface area contributed by atoms with Crippen LogP contribution in [0.5, 0.6) is 0 Å². The van der Waals surface area contributed by atoms with Crippen LogP contribution in [0.25, 0.3) is 0 Å². The Morgan fingerprint density at radius 2 is 2.15 bits per heavy atom. The maximum atomic E-state index is 4.97. The molecule has 0 aliphatic heterocycles. The van der Waals surface area contributed by atoms with E-state index >= 15 is 0 Å². The minimum Gasteiger partial charge on any atom is -0.305 e. The highest BCUT2D eigenvalue weighted by Gasteiger charge is 2.40. The number of hydrogen-bond donors (Lipinski definition) is 1. The van der Waals surface area contributed by atoms with E-state index in [1.165, 1.54) is 36.4 Å². The van der Waals surface area contributed by atoms with Gasteiger partial charge in [0.25, 0.3) is 0 Å². The van der Waals surface area contributed by atoms with Crippen molar-refractivity contribution in [3.05, 3.63) is 16.1 Å². The first kappa shape index (κ1) is 16.0. The normalized spacial score (nSPS) is 30.9. The smallest absolute Gasteiger partial charge is 0.113 e. The summed E-state index contributed by atoms with van der Waals surface area (Å²) < 4.78 is 0. The number of hydrogen-bond acceptors (Lipinski definition) is 3. The van der Waals surface area contributed by atoms with Crippen LogP contribution in [0.15, 0.2) is 5.38 Å². The molecule has 3 heteroatoms. The Morgan fingerprint density at radius 3 is 2.70 bits per heavy atom. The van der Waals surface area contributed by atoms with E-state index in [4.69, 9.17) is 4.98 Å². The molecule has 0 spiro atoms. The summed E-state index contributed by atoms with van der Waals surface area (Å²) >= 11 is 1.86. The Hall–Kier alpha value is -0.410. The molecule has 1 aromatic heterocycles. The standard InChI is InChI=1S/C17H30N2S/c1-6-9-18-17(8-7-13(4)14(5)10-17)16-19-15(11-20-16)12(2)3/h11-14,18H,6-10H2,1-5H3. The zero-order chi connectivity index (χ0) is 14.8. The summed E-state index contributed by atoms with van der Waals surface area (Å²) in [7, 11) is 0. The van der Waals surface area contributed by atoms with Crippen molar-refractivity contribution >= 4 is 11.3 Å². The minimum atomic E-state index is 0.139. The molecule has 0 bridgehead atoms. The molecule has 2 rings (SSSR count). The lowest BCUT2D eigenvalue weighted by Crippen LogP contribution is -2.47. The summed E-state index contributed by atoms with van der Waals surface area (Å²) in [6, 6.07) is 0. The van der Waals surface area contributed by atoms with Gasteiger partial charge in [0.2, 0.25) is 0 Å². The molecule has 3 unspecified atom stereocenters. The Balaban J connectivity index is 2.26. The highest BCUT2D eigenvalue weighted by atomic mass is 32.1.